The average Bonchev–Trinajstić information content (AvgIpc) is 2.68. The number of rotatable bonds is 5. The van der Waals surface area contributed by atoms with E-state index < -0.39 is 10.0 Å². The molecule has 0 unspecified atom stereocenters. The highest BCUT2D eigenvalue weighted by Crippen LogP contribution is 2.27. The Labute approximate surface area is 167 Å². The lowest BCUT2D eigenvalue weighted by Gasteiger charge is -2.30. The van der Waals surface area contributed by atoms with E-state index in [9.17, 15) is 13.2 Å². The van der Waals surface area contributed by atoms with Crippen LogP contribution in [0.4, 0.5) is 5.69 Å². The van der Waals surface area contributed by atoms with Crippen molar-refractivity contribution >= 4 is 21.6 Å². The zero-order chi connectivity index (χ0) is 20.3. The third kappa shape index (κ3) is 4.45. The molecule has 2 aromatic rings. The molecule has 0 spiro atoms. The standard InChI is InChI=1S/C22H28N2O3S/c1-16(2)20-6-4-5-7-21(20)23-22(25)18-12-14-24(15-13-18)28(26,27)19-10-8-17(3)9-11-19/h4-11,16,18H,12-15H2,1-3H3,(H,23,25). The van der Waals surface area contributed by atoms with Crippen LogP contribution in [-0.2, 0) is 14.8 Å². The van der Waals surface area contributed by atoms with Crippen molar-refractivity contribution in [1.29, 1.82) is 0 Å². The van der Waals surface area contributed by atoms with E-state index in [0.717, 1.165) is 16.8 Å². The molecule has 6 heteroatoms. The van der Waals surface area contributed by atoms with Gasteiger partial charge in [-0.05, 0) is 49.4 Å². The Balaban J connectivity index is 1.64. The number of aryl methyl sites for hydroxylation is 1. The van der Waals surface area contributed by atoms with Crippen molar-refractivity contribution in [2.75, 3.05) is 18.4 Å². The molecule has 0 aromatic heterocycles. The third-order valence-electron chi connectivity index (χ3n) is 5.32. The molecule has 5 nitrogen and oxygen atoms in total. The maximum atomic E-state index is 12.8. The molecule has 0 aliphatic carbocycles. The highest BCUT2D eigenvalue weighted by Gasteiger charge is 2.32. The number of carbonyl (C=O) groups is 1. The number of nitrogens with one attached hydrogen (secondary N) is 1. The summed E-state index contributed by atoms with van der Waals surface area (Å²) in [5.41, 5.74) is 2.98. The maximum absolute atomic E-state index is 12.8. The molecule has 1 saturated heterocycles. The Bertz CT molecular complexity index is 929. The van der Waals surface area contributed by atoms with Gasteiger partial charge in [0.15, 0.2) is 0 Å². The zero-order valence-corrected chi connectivity index (χ0v) is 17.5. The smallest absolute Gasteiger partial charge is 0.243 e. The van der Waals surface area contributed by atoms with Crippen LogP contribution < -0.4 is 5.32 Å². The Morgan fingerprint density at radius 3 is 2.25 bits per heavy atom. The van der Waals surface area contributed by atoms with E-state index in [1.807, 2.05) is 31.2 Å². The predicted octanol–water partition coefficient (Wildman–Crippen LogP) is 4.16. The van der Waals surface area contributed by atoms with Crippen LogP contribution in [0, 0.1) is 12.8 Å². The first-order valence-corrected chi connectivity index (χ1v) is 11.2. The Morgan fingerprint density at radius 2 is 1.64 bits per heavy atom. The van der Waals surface area contributed by atoms with Crippen LogP contribution in [0.1, 0.15) is 43.7 Å². The molecular formula is C22H28N2O3S. The minimum Gasteiger partial charge on any atom is -0.326 e. The summed E-state index contributed by atoms with van der Waals surface area (Å²) < 4.78 is 27.1. The highest BCUT2D eigenvalue weighted by atomic mass is 32.2. The quantitative estimate of drug-likeness (QED) is 0.820. The van der Waals surface area contributed by atoms with Gasteiger partial charge in [-0.3, -0.25) is 4.79 Å². The van der Waals surface area contributed by atoms with Crippen LogP contribution in [0.3, 0.4) is 0 Å². The van der Waals surface area contributed by atoms with Gasteiger partial charge in [-0.15, -0.1) is 0 Å². The first-order valence-electron chi connectivity index (χ1n) is 9.75. The molecule has 150 valence electrons. The van der Waals surface area contributed by atoms with Crippen LogP contribution >= 0.6 is 0 Å². The van der Waals surface area contributed by atoms with E-state index in [2.05, 4.69) is 19.2 Å². The summed E-state index contributed by atoms with van der Waals surface area (Å²) >= 11 is 0. The number of para-hydroxylation sites is 1. The second-order valence-corrected chi connectivity index (χ2v) is 9.66. The number of benzene rings is 2. The number of sulfonamides is 1. The Morgan fingerprint density at radius 1 is 1.04 bits per heavy atom. The van der Waals surface area contributed by atoms with Gasteiger partial charge >= 0.3 is 0 Å². The summed E-state index contributed by atoms with van der Waals surface area (Å²) in [5, 5.41) is 3.05. The van der Waals surface area contributed by atoms with Crippen molar-refractivity contribution < 1.29 is 13.2 Å². The van der Waals surface area contributed by atoms with Gasteiger partial charge in [-0.25, -0.2) is 8.42 Å². The van der Waals surface area contributed by atoms with E-state index in [-0.39, 0.29) is 11.8 Å². The molecule has 1 heterocycles. The van der Waals surface area contributed by atoms with Crippen molar-refractivity contribution in [1.82, 2.24) is 4.31 Å². The van der Waals surface area contributed by atoms with Gasteiger partial charge in [0.05, 0.1) is 4.90 Å². The Kier molecular flexibility index (Phi) is 6.20. The molecule has 28 heavy (non-hydrogen) atoms. The van der Waals surface area contributed by atoms with Crippen LogP contribution in [0.5, 0.6) is 0 Å². The molecule has 0 atom stereocenters. The number of hydrogen-bond acceptors (Lipinski definition) is 3. The lowest BCUT2D eigenvalue weighted by molar-refractivity contribution is -0.120. The Hall–Kier alpha value is -2.18. The van der Waals surface area contributed by atoms with Crippen molar-refractivity contribution in [3.05, 3.63) is 59.7 Å². The number of carbonyl (C=O) groups excluding carboxylic acids is 1. The summed E-state index contributed by atoms with van der Waals surface area (Å²) in [6.07, 6.45) is 1.06. The topological polar surface area (TPSA) is 66.5 Å². The molecule has 0 radical (unpaired) electrons. The summed E-state index contributed by atoms with van der Waals surface area (Å²) in [6, 6.07) is 14.7. The second kappa shape index (κ2) is 8.45. The first kappa shape index (κ1) is 20.6. The van der Waals surface area contributed by atoms with Crippen LogP contribution in [0.15, 0.2) is 53.4 Å². The number of nitrogens with zero attached hydrogens (tertiary/aromatic N) is 1. The predicted molar refractivity (Wildman–Crippen MR) is 112 cm³/mol. The van der Waals surface area contributed by atoms with Gasteiger partial charge in [0.25, 0.3) is 0 Å². The van der Waals surface area contributed by atoms with Crippen molar-refractivity contribution in [2.45, 2.75) is 44.4 Å². The van der Waals surface area contributed by atoms with Gasteiger partial charge in [0, 0.05) is 24.7 Å². The van der Waals surface area contributed by atoms with Crippen LogP contribution in [-0.4, -0.2) is 31.7 Å². The summed E-state index contributed by atoms with van der Waals surface area (Å²) in [6.45, 7) is 6.84. The minimum absolute atomic E-state index is 0.0273. The van der Waals surface area contributed by atoms with E-state index >= 15 is 0 Å². The lowest BCUT2D eigenvalue weighted by Crippen LogP contribution is -2.41. The molecule has 3 rings (SSSR count). The third-order valence-corrected chi connectivity index (χ3v) is 7.24. The van der Waals surface area contributed by atoms with Crippen LogP contribution in [0.25, 0.3) is 0 Å². The molecule has 1 amide bonds. The average molecular weight is 401 g/mol. The molecule has 1 fully saturated rings. The number of hydrogen-bond donors (Lipinski definition) is 1. The molecule has 1 aliphatic heterocycles. The van der Waals surface area contributed by atoms with Gasteiger partial charge in [-0.2, -0.15) is 4.31 Å². The largest absolute Gasteiger partial charge is 0.326 e. The molecular weight excluding hydrogens is 372 g/mol. The van der Waals surface area contributed by atoms with E-state index in [1.54, 1.807) is 24.3 Å². The minimum atomic E-state index is -3.50. The van der Waals surface area contributed by atoms with E-state index in [0.29, 0.717) is 36.7 Å². The molecule has 1 N–H and O–H groups in total. The molecule has 0 saturated carbocycles. The fraction of sp³-hybridized carbons (Fsp3) is 0.409. The second-order valence-electron chi connectivity index (χ2n) is 7.72. The molecule has 1 aliphatic rings. The van der Waals surface area contributed by atoms with Crippen LogP contribution in [0.2, 0.25) is 0 Å². The van der Waals surface area contributed by atoms with E-state index in [4.69, 9.17) is 0 Å². The monoisotopic (exact) mass is 400 g/mol. The maximum Gasteiger partial charge on any atom is 0.243 e. The summed E-state index contributed by atoms with van der Waals surface area (Å²) in [5.74, 6) is 0.114. The lowest BCUT2D eigenvalue weighted by atomic mass is 9.96. The van der Waals surface area contributed by atoms with Gasteiger partial charge < -0.3 is 5.32 Å². The molecule has 0 bridgehead atoms. The van der Waals surface area contributed by atoms with E-state index in [1.165, 1.54) is 4.31 Å². The van der Waals surface area contributed by atoms with Crippen molar-refractivity contribution in [2.24, 2.45) is 5.92 Å². The SMILES string of the molecule is Cc1ccc(S(=O)(=O)N2CCC(C(=O)Nc3ccccc3C(C)C)CC2)cc1. The van der Waals surface area contributed by atoms with Gasteiger partial charge in [-0.1, -0.05) is 49.7 Å². The highest BCUT2D eigenvalue weighted by molar-refractivity contribution is 7.89. The fourth-order valence-electron chi connectivity index (χ4n) is 3.57. The zero-order valence-electron chi connectivity index (χ0n) is 16.7. The number of amides is 1. The summed E-state index contributed by atoms with van der Waals surface area (Å²) in [7, 11) is -3.50. The normalized spacial score (nSPS) is 16.3. The number of anilines is 1. The number of piperidine rings is 1. The van der Waals surface area contributed by atoms with Gasteiger partial charge in [0.1, 0.15) is 0 Å². The fourth-order valence-corrected chi connectivity index (χ4v) is 5.04. The first-order chi connectivity index (χ1) is 13.3. The van der Waals surface area contributed by atoms with Crippen molar-refractivity contribution in [3.63, 3.8) is 0 Å². The summed E-state index contributed by atoms with van der Waals surface area (Å²) in [4.78, 5) is 13.0. The van der Waals surface area contributed by atoms with Crippen molar-refractivity contribution in [3.8, 4) is 0 Å². The van der Waals surface area contributed by atoms with Gasteiger partial charge in [0.2, 0.25) is 15.9 Å². The molecule has 2 aromatic carbocycles.